The Bertz CT molecular complexity index is 59.0. The minimum atomic E-state index is -1.03. The van der Waals surface area contributed by atoms with Gasteiger partial charge in [0.25, 0.3) is 0 Å². The molecule has 0 rings (SSSR count). The van der Waals surface area contributed by atoms with E-state index in [1.807, 2.05) is 0 Å². The molecule has 2 N–H and O–H groups in total. The maximum atomic E-state index is 8.90. The standard InChI is InChI=1S/C6H15O2P/c1-2-3-4-5-9(8)6-7/h7-8H,2-6H2,1H3. The Morgan fingerprint density at radius 3 is 2.44 bits per heavy atom. The lowest BCUT2D eigenvalue weighted by molar-refractivity contribution is 0.356. The van der Waals surface area contributed by atoms with Crippen LogP contribution in [0.3, 0.4) is 0 Å². The van der Waals surface area contributed by atoms with Crippen LogP contribution < -0.4 is 0 Å². The van der Waals surface area contributed by atoms with Crippen molar-refractivity contribution in [1.29, 1.82) is 0 Å². The molecule has 56 valence electrons. The van der Waals surface area contributed by atoms with Crippen molar-refractivity contribution in [2.45, 2.75) is 26.2 Å². The van der Waals surface area contributed by atoms with Crippen LogP contribution in [0.5, 0.6) is 0 Å². The van der Waals surface area contributed by atoms with E-state index in [0.717, 1.165) is 12.6 Å². The Kier molecular flexibility index (Phi) is 6.72. The Morgan fingerprint density at radius 1 is 1.33 bits per heavy atom. The van der Waals surface area contributed by atoms with Gasteiger partial charge < -0.3 is 10.00 Å². The Morgan fingerprint density at radius 2 is 2.00 bits per heavy atom. The number of unbranched alkanes of at least 4 members (excludes halogenated alkanes) is 2. The van der Waals surface area contributed by atoms with Crippen molar-refractivity contribution in [1.82, 2.24) is 0 Å². The molecule has 2 nitrogen and oxygen atoms in total. The molecular formula is C6H15O2P. The predicted octanol–water partition coefficient (Wildman–Crippen LogP) is 1.52. The smallest absolute Gasteiger partial charge is 0.0869 e. The SMILES string of the molecule is CCCCCP(O)CO. The summed E-state index contributed by atoms with van der Waals surface area (Å²) >= 11 is 0. The predicted molar refractivity (Wildman–Crippen MR) is 40.6 cm³/mol. The van der Waals surface area contributed by atoms with Crippen molar-refractivity contribution >= 4 is 8.15 Å². The number of rotatable bonds is 5. The van der Waals surface area contributed by atoms with Crippen molar-refractivity contribution < 1.29 is 10.00 Å². The van der Waals surface area contributed by atoms with Gasteiger partial charge in [-0.15, -0.1) is 0 Å². The molecule has 0 aromatic carbocycles. The van der Waals surface area contributed by atoms with Crippen LogP contribution in [0.4, 0.5) is 0 Å². The summed E-state index contributed by atoms with van der Waals surface area (Å²) < 4.78 is 0. The zero-order chi connectivity index (χ0) is 7.11. The second-order valence-corrected chi connectivity index (χ2v) is 3.82. The van der Waals surface area contributed by atoms with Crippen LogP contribution in [0.1, 0.15) is 26.2 Å². The molecule has 0 saturated carbocycles. The molecule has 1 atom stereocenters. The second-order valence-electron chi connectivity index (χ2n) is 2.08. The Labute approximate surface area is 57.7 Å². The molecule has 0 saturated heterocycles. The normalized spacial score (nSPS) is 13.7. The van der Waals surface area contributed by atoms with Gasteiger partial charge in [-0.3, -0.25) is 0 Å². The van der Waals surface area contributed by atoms with Crippen LogP contribution in [-0.2, 0) is 0 Å². The first kappa shape index (κ1) is 9.35. The van der Waals surface area contributed by atoms with E-state index < -0.39 is 8.15 Å². The highest BCUT2D eigenvalue weighted by Crippen LogP contribution is 2.28. The molecule has 0 aromatic heterocycles. The summed E-state index contributed by atoms with van der Waals surface area (Å²) in [5.41, 5.74) is 0. The summed E-state index contributed by atoms with van der Waals surface area (Å²) in [6, 6.07) is 0. The van der Waals surface area contributed by atoms with Gasteiger partial charge >= 0.3 is 0 Å². The van der Waals surface area contributed by atoms with Gasteiger partial charge in [-0.2, -0.15) is 0 Å². The molecule has 3 heteroatoms. The van der Waals surface area contributed by atoms with Crippen molar-refractivity contribution in [3.8, 4) is 0 Å². The fourth-order valence-corrected chi connectivity index (χ4v) is 1.35. The third-order valence-electron chi connectivity index (χ3n) is 1.18. The van der Waals surface area contributed by atoms with Gasteiger partial charge in [0, 0.05) is 0 Å². The number of hydrogen-bond donors (Lipinski definition) is 2. The molecule has 0 heterocycles. The van der Waals surface area contributed by atoms with E-state index in [1.165, 1.54) is 12.8 Å². The molecule has 0 radical (unpaired) electrons. The molecular weight excluding hydrogens is 135 g/mol. The fraction of sp³-hybridized carbons (Fsp3) is 1.00. The molecule has 0 aliphatic heterocycles. The van der Waals surface area contributed by atoms with Crippen molar-refractivity contribution in [3.05, 3.63) is 0 Å². The first-order valence-corrected chi connectivity index (χ1v) is 5.02. The van der Waals surface area contributed by atoms with E-state index in [1.54, 1.807) is 0 Å². The molecule has 0 amide bonds. The molecule has 0 aliphatic carbocycles. The first-order chi connectivity index (χ1) is 4.31. The molecule has 0 aliphatic rings. The zero-order valence-electron chi connectivity index (χ0n) is 5.88. The van der Waals surface area contributed by atoms with Crippen LogP contribution in [0.15, 0.2) is 0 Å². The van der Waals surface area contributed by atoms with E-state index in [9.17, 15) is 0 Å². The molecule has 1 unspecified atom stereocenters. The molecule has 0 fully saturated rings. The number of aliphatic hydroxyl groups is 1. The van der Waals surface area contributed by atoms with E-state index >= 15 is 0 Å². The van der Waals surface area contributed by atoms with Crippen LogP contribution in [0.25, 0.3) is 0 Å². The van der Waals surface area contributed by atoms with Gasteiger partial charge in [0.1, 0.15) is 0 Å². The maximum Gasteiger partial charge on any atom is 0.0869 e. The van der Waals surface area contributed by atoms with Crippen LogP contribution in [0.2, 0.25) is 0 Å². The fourth-order valence-electron chi connectivity index (χ4n) is 0.615. The van der Waals surface area contributed by atoms with Crippen LogP contribution in [-0.4, -0.2) is 22.5 Å². The topological polar surface area (TPSA) is 40.5 Å². The Hall–Kier alpha value is 0.350. The zero-order valence-corrected chi connectivity index (χ0v) is 6.77. The van der Waals surface area contributed by atoms with Gasteiger partial charge in [0.05, 0.1) is 14.5 Å². The van der Waals surface area contributed by atoms with Gasteiger partial charge in [0.2, 0.25) is 0 Å². The highest BCUT2D eigenvalue weighted by molar-refractivity contribution is 7.51. The lowest BCUT2D eigenvalue weighted by Gasteiger charge is -2.03. The van der Waals surface area contributed by atoms with E-state index in [0.29, 0.717) is 0 Å². The highest BCUT2D eigenvalue weighted by atomic mass is 31.1. The largest absolute Gasteiger partial charge is 0.389 e. The first-order valence-electron chi connectivity index (χ1n) is 3.36. The summed E-state index contributed by atoms with van der Waals surface area (Å²) in [4.78, 5) is 8.90. The molecule has 0 aromatic rings. The minimum Gasteiger partial charge on any atom is -0.389 e. The molecule has 0 spiro atoms. The third kappa shape index (κ3) is 6.23. The van der Waals surface area contributed by atoms with Crippen molar-refractivity contribution in [3.63, 3.8) is 0 Å². The average molecular weight is 150 g/mol. The second kappa shape index (κ2) is 6.47. The quantitative estimate of drug-likeness (QED) is 0.460. The monoisotopic (exact) mass is 150 g/mol. The summed E-state index contributed by atoms with van der Waals surface area (Å²) in [5, 5.41) is 8.41. The summed E-state index contributed by atoms with van der Waals surface area (Å²) in [5.74, 6) is 0. The number of hydrogen-bond acceptors (Lipinski definition) is 2. The maximum absolute atomic E-state index is 8.90. The Balaban J connectivity index is 2.88. The molecule has 0 bridgehead atoms. The minimum absolute atomic E-state index is 0.0287. The third-order valence-corrected chi connectivity index (χ3v) is 2.34. The molecule has 9 heavy (non-hydrogen) atoms. The van der Waals surface area contributed by atoms with Crippen molar-refractivity contribution in [2.24, 2.45) is 0 Å². The van der Waals surface area contributed by atoms with E-state index in [2.05, 4.69) is 6.92 Å². The van der Waals surface area contributed by atoms with Crippen LogP contribution >= 0.6 is 8.15 Å². The van der Waals surface area contributed by atoms with Crippen LogP contribution in [0, 0.1) is 0 Å². The van der Waals surface area contributed by atoms with E-state index in [-0.39, 0.29) is 6.35 Å². The van der Waals surface area contributed by atoms with Gasteiger partial charge in [-0.05, 0) is 12.6 Å². The summed E-state index contributed by atoms with van der Waals surface area (Å²) in [7, 11) is -1.03. The van der Waals surface area contributed by atoms with E-state index in [4.69, 9.17) is 10.00 Å². The van der Waals surface area contributed by atoms with Crippen molar-refractivity contribution in [2.75, 3.05) is 12.5 Å². The highest BCUT2D eigenvalue weighted by Gasteiger charge is 1.98. The van der Waals surface area contributed by atoms with Gasteiger partial charge in [-0.1, -0.05) is 19.8 Å². The average Bonchev–Trinajstić information content (AvgIpc) is 1.89. The summed E-state index contributed by atoms with van der Waals surface area (Å²) in [6.07, 6.45) is 4.17. The number of aliphatic hydroxyl groups excluding tert-OH is 1. The summed E-state index contributed by atoms with van der Waals surface area (Å²) in [6.45, 7) is 2.12. The van der Waals surface area contributed by atoms with Gasteiger partial charge in [0.15, 0.2) is 0 Å². The lowest BCUT2D eigenvalue weighted by atomic mass is 10.3. The lowest BCUT2D eigenvalue weighted by Crippen LogP contribution is -1.87. The van der Waals surface area contributed by atoms with Gasteiger partial charge in [-0.25, -0.2) is 0 Å².